The van der Waals surface area contributed by atoms with Crippen molar-refractivity contribution in [2.24, 2.45) is 16.7 Å². The number of benzene rings is 4. The molecule has 2 heterocycles. The van der Waals surface area contributed by atoms with Gasteiger partial charge in [0.15, 0.2) is 0 Å². The van der Waals surface area contributed by atoms with Gasteiger partial charge < -0.3 is 28.4 Å². The molecule has 0 spiro atoms. The van der Waals surface area contributed by atoms with Crippen molar-refractivity contribution < 1.29 is 38.0 Å². The summed E-state index contributed by atoms with van der Waals surface area (Å²) >= 11 is 0. The zero-order valence-corrected chi connectivity index (χ0v) is 28.0. The number of rotatable bonds is 11. The molecular formula is C40H44O8. The van der Waals surface area contributed by atoms with Crippen LogP contribution in [0.3, 0.4) is 0 Å². The van der Waals surface area contributed by atoms with Crippen molar-refractivity contribution in [2.75, 3.05) is 39.6 Å². The van der Waals surface area contributed by atoms with Gasteiger partial charge in [0.2, 0.25) is 0 Å². The Bertz CT molecular complexity index is 1810. The predicted octanol–water partition coefficient (Wildman–Crippen LogP) is 7.78. The normalized spacial score (nSPS) is 22.7. The van der Waals surface area contributed by atoms with Gasteiger partial charge in [-0.05, 0) is 102 Å². The minimum atomic E-state index is -0.332. The summed E-state index contributed by atoms with van der Waals surface area (Å²) in [5, 5.41) is 3.91. The number of carbonyl (C=O) groups excluding carboxylic acids is 2. The molecule has 8 nitrogen and oxygen atoms in total. The SMILES string of the molecule is CC[C@H]1C[C@@H](OC(=O)c2ccc3cc(OCC4(C)COC4)ccc3c2)CC[C@@H]1OC(=O)c1ccc2cc(OCC3(C)COC3)ccc2c1. The Morgan fingerprint density at radius 3 is 1.62 bits per heavy atom. The molecule has 0 unspecified atom stereocenters. The second-order valence-corrected chi connectivity index (χ2v) is 14.6. The van der Waals surface area contributed by atoms with E-state index in [1.54, 1.807) is 0 Å². The van der Waals surface area contributed by atoms with Crippen LogP contribution < -0.4 is 9.47 Å². The maximum Gasteiger partial charge on any atom is 0.338 e. The van der Waals surface area contributed by atoms with E-state index in [1.807, 2.05) is 72.8 Å². The van der Waals surface area contributed by atoms with E-state index < -0.39 is 0 Å². The van der Waals surface area contributed by atoms with E-state index in [1.165, 1.54) is 0 Å². The van der Waals surface area contributed by atoms with Gasteiger partial charge in [-0.25, -0.2) is 9.59 Å². The zero-order valence-electron chi connectivity index (χ0n) is 28.0. The molecule has 0 aromatic heterocycles. The van der Waals surface area contributed by atoms with Crippen LogP contribution in [0.4, 0.5) is 0 Å². The molecule has 4 aromatic carbocycles. The highest BCUT2D eigenvalue weighted by atomic mass is 16.6. The predicted molar refractivity (Wildman–Crippen MR) is 183 cm³/mol. The van der Waals surface area contributed by atoms with Crippen LogP contribution >= 0.6 is 0 Å². The molecule has 7 rings (SSSR count). The van der Waals surface area contributed by atoms with Gasteiger partial charge in [0.1, 0.15) is 23.7 Å². The van der Waals surface area contributed by atoms with Crippen molar-refractivity contribution in [1.29, 1.82) is 0 Å². The minimum Gasteiger partial charge on any atom is -0.493 e. The fourth-order valence-corrected chi connectivity index (χ4v) is 6.77. The number of carbonyl (C=O) groups is 2. The van der Waals surface area contributed by atoms with Crippen LogP contribution in [0.2, 0.25) is 0 Å². The van der Waals surface area contributed by atoms with Crippen LogP contribution in [0.15, 0.2) is 72.8 Å². The average Bonchev–Trinajstić information content (AvgIpc) is 3.08. The molecule has 8 heteroatoms. The third kappa shape index (κ3) is 7.15. The van der Waals surface area contributed by atoms with Crippen molar-refractivity contribution in [2.45, 2.75) is 58.7 Å². The summed E-state index contributed by atoms with van der Waals surface area (Å²) in [7, 11) is 0. The highest BCUT2D eigenvalue weighted by Gasteiger charge is 2.36. The Morgan fingerprint density at radius 1 is 0.667 bits per heavy atom. The summed E-state index contributed by atoms with van der Waals surface area (Å²) in [5.74, 6) is 1.05. The first-order chi connectivity index (χ1) is 23.2. The number of hydrogen-bond acceptors (Lipinski definition) is 8. The van der Waals surface area contributed by atoms with Crippen LogP contribution in [0.1, 0.15) is 67.2 Å². The number of esters is 2. The molecule has 3 aliphatic rings. The van der Waals surface area contributed by atoms with Gasteiger partial charge in [0, 0.05) is 10.8 Å². The Labute approximate surface area is 281 Å². The largest absolute Gasteiger partial charge is 0.493 e. The summed E-state index contributed by atoms with van der Waals surface area (Å²) < 4.78 is 34.7. The van der Waals surface area contributed by atoms with Crippen LogP contribution in [-0.2, 0) is 18.9 Å². The van der Waals surface area contributed by atoms with E-state index in [2.05, 4.69) is 20.8 Å². The first-order valence-corrected chi connectivity index (χ1v) is 17.1. The van der Waals surface area contributed by atoms with Crippen LogP contribution in [0.5, 0.6) is 11.5 Å². The van der Waals surface area contributed by atoms with Gasteiger partial charge in [0.05, 0.1) is 50.8 Å². The molecule has 4 aromatic rings. The summed E-state index contributed by atoms with van der Waals surface area (Å²) in [6, 6.07) is 23.1. The van der Waals surface area contributed by atoms with Gasteiger partial charge in [-0.15, -0.1) is 0 Å². The lowest BCUT2D eigenvalue weighted by Crippen LogP contribution is -2.44. The average molecular weight is 653 g/mol. The molecule has 252 valence electrons. The maximum absolute atomic E-state index is 13.2. The molecule has 2 saturated heterocycles. The van der Waals surface area contributed by atoms with Crippen molar-refractivity contribution >= 4 is 33.5 Å². The zero-order chi connectivity index (χ0) is 33.3. The molecule has 3 atom stereocenters. The number of fused-ring (bicyclic) bond motifs is 2. The minimum absolute atomic E-state index is 0.0720. The van der Waals surface area contributed by atoms with E-state index in [-0.39, 0.29) is 40.9 Å². The third-order valence-electron chi connectivity index (χ3n) is 9.99. The first-order valence-electron chi connectivity index (χ1n) is 17.1. The fourth-order valence-electron chi connectivity index (χ4n) is 6.77. The van der Waals surface area contributed by atoms with Crippen LogP contribution in [-0.4, -0.2) is 63.8 Å². The van der Waals surface area contributed by atoms with E-state index >= 15 is 0 Å². The van der Waals surface area contributed by atoms with Gasteiger partial charge in [-0.3, -0.25) is 0 Å². The second kappa shape index (κ2) is 13.4. The Balaban J connectivity index is 0.921. The standard InChI is InChI=1S/C40H44O8/c1-4-26-17-35(47-37(41)31-7-5-29-18-33(11-9-27(29)15-31)45-24-39(2)20-43-21-39)13-14-36(26)48-38(42)32-8-6-30-19-34(12-10-28(30)16-32)46-25-40(3)22-44-23-40/h5-12,15-16,18-19,26,35-36H,4,13-14,17,20-25H2,1-3H3/t26-,35-,36-/m0/s1. The second-order valence-electron chi connectivity index (χ2n) is 14.6. The molecular weight excluding hydrogens is 608 g/mol. The maximum atomic E-state index is 13.2. The highest BCUT2D eigenvalue weighted by molar-refractivity contribution is 5.96. The van der Waals surface area contributed by atoms with Crippen molar-refractivity contribution in [3.63, 3.8) is 0 Å². The summed E-state index contributed by atoms with van der Waals surface area (Å²) in [5.41, 5.74) is 1.19. The van der Waals surface area contributed by atoms with E-state index in [0.29, 0.717) is 43.6 Å². The lowest BCUT2D eigenvalue weighted by molar-refractivity contribution is -0.120. The smallest absolute Gasteiger partial charge is 0.338 e. The van der Waals surface area contributed by atoms with Crippen molar-refractivity contribution in [3.8, 4) is 11.5 Å². The first kappa shape index (κ1) is 32.4. The third-order valence-corrected chi connectivity index (χ3v) is 9.99. The lowest BCUT2D eigenvalue weighted by Gasteiger charge is -2.37. The Morgan fingerprint density at radius 2 is 1.15 bits per heavy atom. The van der Waals surface area contributed by atoms with Crippen LogP contribution in [0.25, 0.3) is 21.5 Å². The number of hydrogen-bond donors (Lipinski definition) is 0. The molecule has 1 saturated carbocycles. The van der Waals surface area contributed by atoms with Gasteiger partial charge in [-0.1, -0.05) is 45.0 Å². The van der Waals surface area contributed by atoms with Gasteiger partial charge in [0.25, 0.3) is 0 Å². The monoisotopic (exact) mass is 652 g/mol. The molecule has 0 N–H and O–H groups in total. The Hall–Kier alpha value is -4.14. The molecule has 2 aliphatic heterocycles. The fraction of sp³-hybridized carbons (Fsp3) is 0.450. The quantitative estimate of drug-likeness (QED) is 0.152. The molecule has 0 amide bonds. The molecule has 3 fully saturated rings. The topological polar surface area (TPSA) is 89.5 Å². The van der Waals surface area contributed by atoms with Crippen molar-refractivity contribution in [3.05, 3.63) is 83.9 Å². The van der Waals surface area contributed by atoms with Crippen LogP contribution in [0, 0.1) is 16.7 Å². The van der Waals surface area contributed by atoms with Gasteiger partial charge >= 0.3 is 11.9 Å². The van der Waals surface area contributed by atoms with E-state index in [4.69, 9.17) is 28.4 Å². The summed E-state index contributed by atoms with van der Waals surface area (Å²) in [6.45, 7) is 10.5. The van der Waals surface area contributed by atoms with E-state index in [0.717, 1.165) is 65.9 Å². The van der Waals surface area contributed by atoms with Crippen molar-refractivity contribution in [1.82, 2.24) is 0 Å². The number of ether oxygens (including phenoxy) is 6. The molecule has 1 aliphatic carbocycles. The molecule has 48 heavy (non-hydrogen) atoms. The lowest BCUT2D eigenvalue weighted by atomic mass is 9.83. The summed E-state index contributed by atoms with van der Waals surface area (Å²) in [4.78, 5) is 26.4. The molecule has 0 radical (unpaired) electrons. The van der Waals surface area contributed by atoms with E-state index in [9.17, 15) is 9.59 Å². The summed E-state index contributed by atoms with van der Waals surface area (Å²) in [6.07, 6.45) is 2.32. The highest BCUT2D eigenvalue weighted by Crippen LogP contribution is 2.34. The van der Waals surface area contributed by atoms with Gasteiger partial charge in [-0.2, -0.15) is 0 Å². The molecule has 0 bridgehead atoms. The Kier molecular flexibility index (Phi) is 9.05.